The van der Waals surface area contributed by atoms with E-state index in [1.54, 1.807) is 32.5 Å². The van der Waals surface area contributed by atoms with Crippen LogP contribution < -0.4 is 4.90 Å². The summed E-state index contributed by atoms with van der Waals surface area (Å²) in [4.78, 5) is 15.0. The molecule has 8 heteroatoms. The number of hydrogen-bond donors (Lipinski definition) is 1. The minimum absolute atomic E-state index is 0.0911. The van der Waals surface area contributed by atoms with Gasteiger partial charge in [0.15, 0.2) is 0 Å². The standard InChI is InChI=1S/C13H23N5O3/c1-10-11(18(20)21)12(15(4)14-10)17-7-5-16(6-8-17)9-13(2,3)19/h19H,5-9H2,1-4H3. The third-order valence-electron chi connectivity index (χ3n) is 3.63. The van der Waals surface area contributed by atoms with Crippen molar-refractivity contribution in [1.29, 1.82) is 0 Å². The van der Waals surface area contributed by atoms with E-state index in [0.29, 0.717) is 31.1 Å². The molecule has 21 heavy (non-hydrogen) atoms. The maximum absolute atomic E-state index is 11.2. The SMILES string of the molecule is Cc1nn(C)c(N2CCN(CC(C)(C)O)CC2)c1[N+](=O)[O-]. The molecule has 0 radical (unpaired) electrons. The smallest absolute Gasteiger partial charge is 0.333 e. The van der Waals surface area contributed by atoms with Crippen molar-refractivity contribution in [3.8, 4) is 0 Å². The van der Waals surface area contributed by atoms with Gasteiger partial charge in [0.25, 0.3) is 0 Å². The Kier molecular flexibility index (Phi) is 4.20. The van der Waals surface area contributed by atoms with Gasteiger partial charge in [0.05, 0.1) is 10.5 Å². The lowest BCUT2D eigenvalue weighted by Crippen LogP contribution is -2.51. The van der Waals surface area contributed by atoms with Crippen LogP contribution in [0.15, 0.2) is 0 Å². The molecule has 1 saturated heterocycles. The van der Waals surface area contributed by atoms with E-state index in [4.69, 9.17) is 0 Å². The van der Waals surface area contributed by atoms with Crippen LogP contribution in [-0.2, 0) is 7.05 Å². The summed E-state index contributed by atoms with van der Waals surface area (Å²) in [5.74, 6) is 0.570. The molecule has 1 aromatic heterocycles. The van der Waals surface area contributed by atoms with E-state index in [-0.39, 0.29) is 10.6 Å². The van der Waals surface area contributed by atoms with Crippen LogP contribution in [0.4, 0.5) is 11.5 Å². The topological polar surface area (TPSA) is 87.7 Å². The van der Waals surface area contributed by atoms with Crippen LogP contribution in [0.3, 0.4) is 0 Å². The first-order valence-corrected chi connectivity index (χ1v) is 7.07. The second-order valence-electron chi connectivity index (χ2n) is 6.21. The quantitative estimate of drug-likeness (QED) is 0.644. The summed E-state index contributed by atoms with van der Waals surface area (Å²) in [7, 11) is 1.73. The zero-order valence-electron chi connectivity index (χ0n) is 13.0. The molecule has 2 rings (SSSR count). The summed E-state index contributed by atoms with van der Waals surface area (Å²) in [5.41, 5.74) is -0.193. The molecular weight excluding hydrogens is 274 g/mol. The van der Waals surface area contributed by atoms with Crippen LogP contribution in [0, 0.1) is 17.0 Å². The first kappa shape index (κ1) is 15.7. The molecule has 0 spiro atoms. The molecule has 1 aliphatic heterocycles. The highest BCUT2D eigenvalue weighted by atomic mass is 16.6. The molecule has 0 bridgehead atoms. The number of nitrogens with zero attached hydrogens (tertiary/aromatic N) is 5. The zero-order chi connectivity index (χ0) is 15.8. The summed E-state index contributed by atoms with van der Waals surface area (Å²) in [6.07, 6.45) is 0. The fraction of sp³-hybridized carbons (Fsp3) is 0.769. The van der Waals surface area contributed by atoms with E-state index >= 15 is 0 Å². The fourth-order valence-corrected chi connectivity index (χ4v) is 2.87. The van der Waals surface area contributed by atoms with Gasteiger partial charge in [0.2, 0.25) is 5.82 Å². The molecule has 0 unspecified atom stereocenters. The van der Waals surface area contributed by atoms with Gasteiger partial charge in [-0.25, -0.2) is 4.68 Å². The Morgan fingerprint density at radius 1 is 1.33 bits per heavy atom. The lowest BCUT2D eigenvalue weighted by molar-refractivity contribution is -0.384. The second-order valence-corrected chi connectivity index (χ2v) is 6.21. The number of aromatic nitrogens is 2. The predicted molar refractivity (Wildman–Crippen MR) is 79.6 cm³/mol. The Labute approximate surface area is 124 Å². The third kappa shape index (κ3) is 3.51. The first-order chi connectivity index (χ1) is 9.69. The minimum atomic E-state index is -0.725. The maximum Gasteiger partial charge on any atom is 0.333 e. The number of rotatable bonds is 4. The molecule has 1 N–H and O–H groups in total. The van der Waals surface area contributed by atoms with Gasteiger partial charge in [-0.15, -0.1) is 0 Å². The Bertz CT molecular complexity index is 527. The number of piperazine rings is 1. The van der Waals surface area contributed by atoms with Crippen molar-refractivity contribution in [1.82, 2.24) is 14.7 Å². The van der Waals surface area contributed by atoms with Crippen LogP contribution in [0.1, 0.15) is 19.5 Å². The van der Waals surface area contributed by atoms with Crippen molar-refractivity contribution in [2.24, 2.45) is 7.05 Å². The molecule has 118 valence electrons. The Morgan fingerprint density at radius 2 is 1.90 bits per heavy atom. The summed E-state index contributed by atoms with van der Waals surface area (Å²) in [5, 5.41) is 25.3. The average Bonchev–Trinajstić information content (AvgIpc) is 2.63. The van der Waals surface area contributed by atoms with Crippen molar-refractivity contribution in [3.05, 3.63) is 15.8 Å². The summed E-state index contributed by atoms with van der Waals surface area (Å²) < 4.78 is 1.58. The zero-order valence-corrected chi connectivity index (χ0v) is 13.0. The number of anilines is 1. The summed E-state index contributed by atoms with van der Waals surface area (Å²) in [6.45, 7) is 8.76. The number of nitro groups is 1. The molecule has 0 atom stereocenters. The molecule has 0 saturated carbocycles. The maximum atomic E-state index is 11.2. The lowest BCUT2D eigenvalue weighted by atomic mass is 10.1. The van der Waals surface area contributed by atoms with E-state index in [9.17, 15) is 15.2 Å². The van der Waals surface area contributed by atoms with Crippen LogP contribution in [-0.4, -0.2) is 63.0 Å². The van der Waals surface area contributed by atoms with Crippen molar-refractivity contribution < 1.29 is 10.0 Å². The lowest BCUT2D eigenvalue weighted by Gasteiger charge is -2.37. The van der Waals surface area contributed by atoms with Gasteiger partial charge in [-0.2, -0.15) is 5.10 Å². The summed E-state index contributed by atoms with van der Waals surface area (Å²) in [6, 6.07) is 0. The molecular formula is C13H23N5O3. The highest BCUT2D eigenvalue weighted by molar-refractivity contribution is 5.61. The van der Waals surface area contributed by atoms with Gasteiger partial charge in [0, 0.05) is 39.8 Å². The van der Waals surface area contributed by atoms with E-state index in [0.717, 1.165) is 13.1 Å². The van der Waals surface area contributed by atoms with Crippen LogP contribution in [0.2, 0.25) is 0 Å². The van der Waals surface area contributed by atoms with Crippen LogP contribution in [0.25, 0.3) is 0 Å². The fourth-order valence-electron chi connectivity index (χ4n) is 2.87. The van der Waals surface area contributed by atoms with E-state index < -0.39 is 5.60 Å². The Hall–Kier alpha value is -1.67. The first-order valence-electron chi connectivity index (χ1n) is 7.07. The second kappa shape index (κ2) is 5.61. The highest BCUT2D eigenvalue weighted by Crippen LogP contribution is 2.31. The number of aryl methyl sites for hydroxylation is 2. The van der Waals surface area contributed by atoms with Gasteiger partial charge < -0.3 is 10.0 Å². The van der Waals surface area contributed by atoms with Gasteiger partial charge in [-0.1, -0.05) is 0 Å². The molecule has 1 aromatic rings. The normalized spacial score (nSPS) is 17.3. The van der Waals surface area contributed by atoms with Crippen molar-refractivity contribution in [3.63, 3.8) is 0 Å². The van der Waals surface area contributed by atoms with E-state index in [1.165, 1.54) is 0 Å². The van der Waals surface area contributed by atoms with Gasteiger partial charge in [-0.3, -0.25) is 15.0 Å². The van der Waals surface area contributed by atoms with Crippen molar-refractivity contribution in [2.75, 3.05) is 37.6 Å². The van der Waals surface area contributed by atoms with Gasteiger partial charge in [0.1, 0.15) is 5.69 Å². The van der Waals surface area contributed by atoms with Crippen molar-refractivity contribution in [2.45, 2.75) is 26.4 Å². The van der Waals surface area contributed by atoms with E-state index in [1.807, 2.05) is 4.90 Å². The molecule has 0 amide bonds. The highest BCUT2D eigenvalue weighted by Gasteiger charge is 2.31. The summed E-state index contributed by atoms with van der Waals surface area (Å²) >= 11 is 0. The van der Waals surface area contributed by atoms with Gasteiger partial charge >= 0.3 is 5.69 Å². The molecule has 0 aromatic carbocycles. The Morgan fingerprint density at radius 3 is 2.38 bits per heavy atom. The predicted octanol–water partition coefficient (Wildman–Crippen LogP) is 0.530. The Balaban J connectivity index is 2.11. The largest absolute Gasteiger partial charge is 0.389 e. The minimum Gasteiger partial charge on any atom is -0.389 e. The average molecular weight is 297 g/mol. The van der Waals surface area contributed by atoms with Crippen molar-refractivity contribution >= 4 is 11.5 Å². The van der Waals surface area contributed by atoms with Crippen LogP contribution in [0.5, 0.6) is 0 Å². The molecule has 8 nitrogen and oxygen atoms in total. The molecule has 1 aliphatic rings. The molecule has 1 fully saturated rings. The third-order valence-corrected chi connectivity index (χ3v) is 3.63. The number of hydrogen-bond acceptors (Lipinski definition) is 6. The van der Waals surface area contributed by atoms with E-state index in [2.05, 4.69) is 10.00 Å². The van der Waals surface area contributed by atoms with Crippen LogP contribution >= 0.6 is 0 Å². The number of β-amino-alcohol motifs (C(OH)–C–C–N with tert-alkyl or cyclic N) is 1. The molecule has 2 heterocycles. The number of aliphatic hydroxyl groups is 1. The van der Waals surface area contributed by atoms with Gasteiger partial charge in [-0.05, 0) is 20.8 Å². The monoisotopic (exact) mass is 297 g/mol. The molecule has 0 aliphatic carbocycles.